The van der Waals surface area contributed by atoms with Crippen LogP contribution in [0, 0.1) is 5.41 Å². The van der Waals surface area contributed by atoms with Gasteiger partial charge in [0.15, 0.2) is 0 Å². The van der Waals surface area contributed by atoms with Crippen molar-refractivity contribution in [3.8, 4) is 0 Å². The number of nitrogens with two attached hydrogens (primary N) is 1. The van der Waals surface area contributed by atoms with Crippen molar-refractivity contribution in [2.75, 3.05) is 19.6 Å². The van der Waals surface area contributed by atoms with Crippen LogP contribution in [0.5, 0.6) is 0 Å². The summed E-state index contributed by atoms with van der Waals surface area (Å²) in [6.45, 7) is 9.95. The van der Waals surface area contributed by atoms with Gasteiger partial charge in [0.2, 0.25) is 5.91 Å². The summed E-state index contributed by atoms with van der Waals surface area (Å²) in [4.78, 5) is 14.6. The molecule has 1 aliphatic heterocycles. The van der Waals surface area contributed by atoms with E-state index in [1.165, 1.54) is 31.3 Å². The van der Waals surface area contributed by atoms with Gasteiger partial charge in [-0.2, -0.15) is 0 Å². The highest BCUT2D eigenvalue weighted by Gasteiger charge is 2.33. The number of allylic oxidation sites excluding steroid dienone is 1. The fourth-order valence-corrected chi connectivity index (χ4v) is 4.03. The average molecular weight is 302 g/mol. The molecule has 3 nitrogen and oxygen atoms in total. The molecule has 0 atom stereocenters. The lowest BCUT2D eigenvalue weighted by molar-refractivity contribution is -0.131. The highest BCUT2D eigenvalue weighted by atomic mass is 16.2. The van der Waals surface area contributed by atoms with E-state index in [4.69, 9.17) is 5.73 Å². The Morgan fingerprint density at radius 2 is 1.86 bits per heavy atom. The number of hydrogen-bond donors (Lipinski definition) is 1. The van der Waals surface area contributed by atoms with Gasteiger partial charge < -0.3 is 10.6 Å². The van der Waals surface area contributed by atoms with Crippen molar-refractivity contribution < 1.29 is 4.79 Å². The Morgan fingerprint density at radius 1 is 1.18 bits per heavy atom. The minimum Gasteiger partial charge on any atom is -0.338 e. The minimum absolute atomic E-state index is 0.283. The molecular weight excluding hydrogens is 272 g/mol. The quantitative estimate of drug-likeness (QED) is 0.781. The molecule has 1 heterocycles. The van der Waals surface area contributed by atoms with Crippen LogP contribution in [0.3, 0.4) is 0 Å². The molecule has 0 radical (unpaired) electrons. The van der Waals surface area contributed by atoms with Crippen LogP contribution < -0.4 is 5.73 Å². The van der Waals surface area contributed by atoms with Crippen LogP contribution in [0.15, 0.2) is 36.5 Å². The maximum Gasteiger partial charge on any atom is 0.222 e. The van der Waals surface area contributed by atoms with Gasteiger partial charge in [-0.05, 0) is 55.2 Å². The molecule has 0 bridgehead atoms. The van der Waals surface area contributed by atoms with Crippen LogP contribution in [0.2, 0.25) is 0 Å². The summed E-state index contributed by atoms with van der Waals surface area (Å²) < 4.78 is 0. The maximum absolute atomic E-state index is 12.6. The summed E-state index contributed by atoms with van der Waals surface area (Å²) in [5.41, 5.74) is 8.50. The van der Waals surface area contributed by atoms with Gasteiger partial charge in [0, 0.05) is 19.5 Å². The van der Waals surface area contributed by atoms with Gasteiger partial charge in [0.25, 0.3) is 0 Å². The van der Waals surface area contributed by atoms with Crippen LogP contribution in [-0.4, -0.2) is 30.4 Å². The van der Waals surface area contributed by atoms with E-state index >= 15 is 0 Å². The van der Waals surface area contributed by atoms with Crippen LogP contribution in [0.4, 0.5) is 0 Å². The van der Waals surface area contributed by atoms with E-state index in [1.54, 1.807) is 0 Å². The van der Waals surface area contributed by atoms with E-state index in [9.17, 15) is 4.79 Å². The first-order valence-corrected chi connectivity index (χ1v) is 8.59. The normalized spacial score (nSPS) is 21.0. The molecule has 0 unspecified atom stereocenters. The van der Waals surface area contributed by atoms with Gasteiger partial charge in [0.05, 0.1) is 0 Å². The Balaban J connectivity index is 1.91. The molecule has 2 N–H and O–H groups in total. The molecule has 122 valence electrons. The van der Waals surface area contributed by atoms with Crippen molar-refractivity contribution in [3.05, 3.63) is 36.5 Å². The molecular formula is C19H30N2O. The molecule has 1 saturated carbocycles. The highest BCUT2D eigenvalue weighted by Crippen LogP contribution is 2.44. The lowest BCUT2D eigenvalue weighted by Gasteiger charge is -2.32. The molecule has 3 heteroatoms. The first kappa shape index (κ1) is 17.0. The van der Waals surface area contributed by atoms with Crippen molar-refractivity contribution in [1.82, 2.24) is 4.90 Å². The largest absolute Gasteiger partial charge is 0.338 e. The average Bonchev–Trinajstić information content (AvgIpc) is 3.01. The monoisotopic (exact) mass is 302 g/mol. The molecule has 0 aromatic heterocycles. The molecule has 1 aliphatic carbocycles. The van der Waals surface area contributed by atoms with E-state index in [-0.39, 0.29) is 5.91 Å². The Labute approximate surface area is 134 Å². The Hall–Kier alpha value is -1.35. The predicted molar refractivity (Wildman–Crippen MR) is 92.4 cm³/mol. The zero-order valence-corrected chi connectivity index (χ0v) is 13.8. The van der Waals surface area contributed by atoms with Gasteiger partial charge in [0.1, 0.15) is 0 Å². The summed E-state index contributed by atoms with van der Waals surface area (Å²) in [6, 6.07) is 0. The van der Waals surface area contributed by atoms with E-state index in [0.29, 0.717) is 18.4 Å². The van der Waals surface area contributed by atoms with Crippen molar-refractivity contribution >= 4 is 5.91 Å². The highest BCUT2D eigenvalue weighted by molar-refractivity contribution is 5.77. The lowest BCUT2D eigenvalue weighted by Crippen LogP contribution is -2.37. The predicted octanol–water partition coefficient (Wildman–Crippen LogP) is 3.58. The van der Waals surface area contributed by atoms with E-state index in [0.717, 1.165) is 37.9 Å². The Bertz CT molecular complexity index is 458. The third kappa shape index (κ3) is 3.89. The summed E-state index contributed by atoms with van der Waals surface area (Å²) in [6.07, 6.45) is 12.5. The fraction of sp³-hybridized carbons (Fsp3) is 0.632. The zero-order chi connectivity index (χ0) is 16.0. The molecule has 0 spiro atoms. The number of nitrogens with zero attached hydrogens (tertiary/aromatic N) is 1. The second-order valence-corrected chi connectivity index (χ2v) is 6.77. The number of carbonyl (C=O) groups excluding carboxylic acids is 1. The van der Waals surface area contributed by atoms with Gasteiger partial charge >= 0.3 is 0 Å². The second-order valence-electron chi connectivity index (χ2n) is 6.77. The summed E-state index contributed by atoms with van der Waals surface area (Å²) >= 11 is 0. The molecule has 1 amide bonds. The van der Waals surface area contributed by atoms with E-state index in [2.05, 4.69) is 13.2 Å². The number of hydrogen-bond acceptors (Lipinski definition) is 2. The topological polar surface area (TPSA) is 46.3 Å². The van der Waals surface area contributed by atoms with Gasteiger partial charge in [-0.15, -0.1) is 0 Å². The molecule has 2 rings (SSSR count). The third-order valence-corrected chi connectivity index (χ3v) is 5.48. The summed E-state index contributed by atoms with van der Waals surface area (Å²) in [5, 5.41) is 0. The first-order valence-electron chi connectivity index (χ1n) is 8.59. The van der Waals surface area contributed by atoms with Crippen molar-refractivity contribution in [1.29, 1.82) is 0 Å². The SMILES string of the molecule is C=CC1=C(C=C)CN(C(=O)CCC2(CCN)CCCC2)CC1. The summed E-state index contributed by atoms with van der Waals surface area (Å²) in [5.74, 6) is 0.283. The molecule has 0 saturated heterocycles. The van der Waals surface area contributed by atoms with Crippen molar-refractivity contribution in [3.63, 3.8) is 0 Å². The molecule has 0 aromatic carbocycles. The number of carbonyl (C=O) groups is 1. The summed E-state index contributed by atoms with van der Waals surface area (Å²) in [7, 11) is 0. The maximum atomic E-state index is 12.6. The number of amides is 1. The van der Waals surface area contributed by atoms with Crippen LogP contribution in [0.25, 0.3) is 0 Å². The van der Waals surface area contributed by atoms with Crippen LogP contribution in [0.1, 0.15) is 51.4 Å². The standard InChI is InChI=1S/C19H30N2O/c1-3-16-8-14-21(15-17(16)4-2)18(22)7-11-19(12-13-20)9-5-6-10-19/h3-4H,1-2,5-15,20H2. The van der Waals surface area contributed by atoms with Gasteiger partial charge in [-0.1, -0.05) is 38.2 Å². The molecule has 0 aromatic rings. The van der Waals surface area contributed by atoms with Gasteiger partial charge in [-0.3, -0.25) is 4.79 Å². The molecule has 1 fully saturated rings. The van der Waals surface area contributed by atoms with E-state index in [1.807, 2.05) is 17.1 Å². The van der Waals surface area contributed by atoms with Gasteiger partial charge in [-0.25, -0.2) is 0 Å². The fourth-order valence-electron chi connectivity index (χ4n) is 4.03. The van der Waals surface area contributed by atoms with Crippen molar-refractivity contribution in [2.24, 2.45) is 11.1 Å². The third-order valence-electron chi connectivity index (χ3n) is 5.48. The van der Waals surface area contributed by atoms with Crippen LogP contribution >= 0.6 is 0 Å². The Kier molecular flexibility index (Phi) is 6.01. The molecule has 2 aliphatic rings. The Morgan fingerprint density at radius 3 is 2.45 bits per heavy atom. The van der Waals surface area contributed by atoms with Crippen molar-refractivity contribution in [2.45, 2.75) is 51.4 Å². The second kappa shape index (κ2) is 7.77. The number of rotatable bonds is 7. The van der Waals surface area contributed by atoms with E-state index < -0.39 is 0 Å². The lowest BCUT2D eigenvalue weighted by atomic mass is 9.78. The first-order chi connectivity index (χ1) is 10.6. The van der Waals surface area contributed by atoms with Crippen LogP contribution in [-0.2, 0) is 4.79 Å². The zero-order valence-electron chi connectivity index (χ0n) is 13.8. The molecule has 22 heavy (non-hydrogen) atoms. The minimum atomic E-state index is 0.283. The smallest absolute Gasteiger partial charge is 0.222 e.